The molecule has 1 saturated heterocycles. The molecule has 5 heteroatoms. The van der Waals surface area contributed by atoms with Gasteiger partial charge in [0.05, 0.1) is 18.2 Å². The van der Waals surface area contributed by atoms with E-state index in [0.29, 0.717) is 11.9 Å². The first kappa shape index (κ1) is 13.1. The summed E-state index contributed by atoms with van der Waals surface area (Å²) >= 11 is 0. The summed E-state index contributed by atoms with van der Waals surface area (Å²) in [6.45, 7) is 5.76. The van der Waals surface area contributed by atoms with Crippen molar-refractivity contribution in [3.8, 4) is 11.3 Å². The van der Waals surface area contributed by atoms with Crippen LogP contribution < -0.4 is 5.73 Å². The maximum atomic E-state index is 5.77. The van der Waals surface area contributed by atoms with Crippen LogP contribution in [0.4, 0.5) is 5.82 Å². The smallest absolute Gasteiger partial charge is 0.123 e. The molecule has 2 N–H and O–H groups in total. The second kappa shape index (κ2) is 5.63. The summed E-state index contributed by atoms with van der Waals surface area (Å²) in [7, 11) is 0. The second-order valence-electron chi connectivity index (χ2n) is 5.51. The highest BCUT2D eigenvalue weighted by Gasteiger charge is 2.17. The van der Waals surface area contributed by atoms with Crippen molar-refractivity contribution in [3.05, 3.63) is 30.9 Å². The maximum absolute atomic E-state index is 5.77. The minimum absolute atomic E-state index is 0.403. The second-order valence-corrected chi connectivity index (χ2v) is 5.51. The van der Waals surface area contributed by atoms with E-state index in [1.165, 1.54) is 25.9 Å². The van der Waals surface area contributed by atoms with E-state index in [0.717, 1.165) is 17.8 Å². The topological polar surface area (TPSA) is 60.0 Å². The molecule has 1 atom stereocenters. The van der Waals surface area contributed by atoms with Crippen LogP contribution in [0.15, 0.2) is 30.9 Å². The van der Waals surface area contributed by atoms with Crippen LogP contribution in [0.1, 0.15) is 25.8 Å². The van der Waals surface area contributed by atoms with Gasteiger partial charge in [-0.2, -0.15) is 0 Å². The van der Waals surface area contributed by atoms with Crippen molar-refractivity contribution in [2.75, 3.05) is 25.4 Å². The SMILES string of the molecule is CC(CN1CCCC1)n1cncc1-c1ccnc(N)c1. The van der Waals surface area contributed by atoms with E-state index >= 15 is 0 Å². The molecule has 0 radical (unpaired) electrons. The molecule has 1 aliphatic rings. The van der Waals surface area contributed by atoms with Crippen molar-refractivity contribution in [1.82, 2.24) is 19.4 Å². The van der Waals surface area contributed by atoms with Crippen molar-refractivity contribution in [2.24, 2.45) is 0 Å². The molecule has 3 heterocycles. The number of hydrogen-bond donors (Lipinski definition) is 1. The molecule has 0 aliphatic carbocycles. The Hall–Kier alpha value is -1.88. The fourth-order valence-electron chi connectivity index (χ4n) is 2.91. The zero-order valence-corrected chi connectivity index (χ0v) is 11.9. The van der Waals surface area contributed by atoms with Gasteiger partial charge in [0.1, 0.15) is 5.82 Å². The van der Waals surface area contributed by atoms with Crippen LogP contribution in [-0.4, -0.2) is 39.1 Å². The van der Waals surface area contributed by atoms with Crippen molar-refractivity contribution in [2.45, 2.75) is 25.8 Å². The van der Waals surface area contributed by atoms with Gasteiger partial charge in [-0.3, -0.25) is 0 Å². The van der Waals surface area contributed by atoms with Crippen LogP contribution in [0.5, 0.6) is 0 Å². The average molecular weight is 271 g/mol. The lowest BCUT2D eigenvalue weighted by Crippen LogP contribution is -2.27. The molecule has 0 amide bonds. The number of likely N-dealkylation sites (tertiary alicyclic amines) is 1. The highest BCUT2D eigenvalue weighted by Crippen LogP contribution is 2.24. The number of pyridine rings is 1. The van der Waals surface area contributed by atoms with Crippen LogP contribution in [0, 0.1) is 0 Å². The Bertz CT molecular complexity index is 571. The van der Waals surface area contributed by atoms with Gasteiger partial charge < -0.3 is 15.2 Å². The third-order valence-corrected chi connectivity index (χ3v) is 3.94. The third kappa shape index (κ3) is 2.67. The number of imidazole rings is 1. The van der Waals surface area contributed by atoms with E-state index in [1.54, 1.807) is 6.20 Å². The fraction of sp³-hybridized carbons (Fsp3) is 0.467. The molecule has 2 aromatic heterocycles. The van der Waals surface area contributed by atoms with E-state index in [9.17, 15) is 0 Å². The Labute approximate surface area is 119 Å². The summed E-state index contributed by atoms with van der Waals surface area (Å²) in [5, 5.41) is 0. The molecule has 106 valence electrons. The minimum Gasteiger partial charge on any atom is -0.384 e. The van der Waals surface area contributed by atoms with Gasteiger partial charge in [0.2, 0.25) is 0 Å². The lowest BCUT2D eigenvalue weighted by Gasteiger charge is -2.23. The van der Waals surface area contributed by atoms with Crippen molar-refractivity contribution < 1.29 is 0 Å². The first-order chi connectivity index (χ1) is 9.74. The van der Waals surface area contributed by atoms with Gasteiger partial charge in [0, 0.05) is 24.3 Å². The molecule has 1 unspecified atom stereocenters. The predicted molar refractivity (Wildman–Crippen MR) is 80.3 cm³/mol. The van der Waals surface area contributed by atoms with Gasteiger partial charge in [0.25, 0.3) is 0 Å². The number of anilines is 1. The van der Waals surface area contributed by atoms with Gasteiger partial charge in [-0.15, -0.1) is 0 Å². The molecular formula is C15H21N5. The first-order valence-electron chi connectivity index (χ1n) is 7.20. The minimum atomic E-state index is 0.403. The van der Waals surface area contributed by atoms with E-state index in [1.807, 2.05) is 24.7 Å². The number of nitrogens with two attached hydrogens (primary N) is 1. The summed E-state index contributed by atoms with van der Waals surface area (Å²) in [5.41, 5.74) is 7.95. The van der Waals surface area contributed by atoms with Gasteiger partial charge in [-0.05, 0) is 45.0 Å². The van der Waals surface area contributed by atoms with Gasteiger partial charge in [0.15, 0.2) is 0 Å². The molecule has 0 bridgehead atoms. The summed E-state index contributed by atoms with van der Waals surface area (Å²) < 4.78 is 2.23. The molecule has 5 nitrogen and oxygen atoms in total. The van der Waals surface area contributed by atoms with Crippen molar-refractivity contribution in [3.63, 3.8) is 0 Å². The highest BCUT2D eigenvalue weighted by molar-refractivity contribution is 5.61. The van der Waals surface area contributed by atoms with E-state index in [-0.39, 0.29) is 0 Å². The van der Waals surface area contributed by atoms with Crippen molar-refractivity contribution in [1.29, 1.82) is 0 Å². The van der Waals surface area contributed by atoms with E-state index in [4.69, 9.17) is 5.73 Å². The summed E-state index contributed by atoms with van der Waals surface area (Å²) in [4.78, 5) is 10.9. The standard InChI is InChI=1S/C15H21N5/c1-12(10-19-6-2-3-7-19)20-11-17-9-14(20)13-4-5-18-15(16)8-13/h4-5,8-9,11-12H,2-3,6-7,10H2,1H3,(H2,16,18). The number of hydrogen-bond acceptors (Lipinski definition) is 4. The number of nitrogen functional groups attached to an aromatic ring is 1. The average Bonchev–Trinajstić information content (AvgIpc) is 3.09. The van der Waals surface area contributed by atoms with Crippen LogP contribution >= 0.6 is 0 Å². The fourth-order valence-corrected chi connectivity index (χ4v) is 2.91. The number of rotatable bonds is 4. The summed E-state index contributed by atoms with van der Waals surface area (Å²) in [6, 6.07) is 4.28. The van der Waals surface area contributed by atoms with E-state index < -0.39 is 0 Å². The van der Waals surface area contributed by atoms with E-state index in [2.05, 4.69) is 26.4 Å². The van der Waals surface area contributed by atoms with Crippen LogP contribution in [-0.2, 0) is 0 Å². The monoisotopic (exact) mass is 271 g/mol. The quantitative estimate of drug-likeness (QED) is 0.926. The molecule has 1 fully saturated rings. The lowest BCUT2D eigenvalue weighted by atomic mass is 10.2. The zero-order valence-electron chi connectivity index (χ0n) is 11.9. The summed E-state index contributed by atoms with van der Waals surface area (Å²) in [6.07, 6.45) is 8.20. The summed E-state index contributed by atoms with van der Waals surface area (Å²) in [5.74, 6) is 0.544. The molecule has 0 saturated carbocycles. The van der Waals surface area contributed by atoms with Crippen LogP contribution in [0.25, 0.3) is 11.3 Å². The Morgan fingerprint density at radius 2 is 2.15 bits per heavy atom. The van der Waals surface area contributed by atoms with Gasteiger partial charge in [-0.1, -0.05) is 0 Å². The van der Waals surface area contributed by atoms with Crippen molar-refractivity contribution >= 4 is 5.82 Å². The van der Waals surface area contributed by atoms with Crippen LogP contribution in [0.3, 0.4) is 0 Å². The maximum Gasteiger partial charge on any atom is 0.123 e. The highest BCUT2D eigenvalue weighted by atomic mass is 15.2. The number of nitrogens with zero attached hydrogens (tertiary/aromatic N) is 4. The third-order valence-electron chi connectivity index (χ3n) is 3.94. The molecule has 20 heavy (non-hydrogen) atoms. The zero-order chi connectivity index (χ0) is 13.9. The molecule has 0 aromatic carbocycles. The van der Waals surface area contributed by atoms with Gasteiger partial charge in [-0.25, -0.2) is 9.97 Å². The predicted octanol–water partition coefficient (Wildman–Crippen LogP) is 2.18. The van der Waals surface area contributed by atoms with Crippen LogP contribution in [0.2, 0.25) is 0 Å². The Kier molecular flexibility index (Phi) is 3.69. The molecule has 1 aliphatic heterocycles. The molecule has 0 spiro atoms. The first-order valence-corrected chi connectivity index (χ1v) is 7.20. The normalized spacial score (nSPS) is 17.4. The molecule has 2 aromatic rings. The Morgan fingerprint density at radius 1 is 1.35 bits per heavy atom. The largest absolute Gasteiger partial charge is 0.384 e. The van der Waals surface area contributed by atoms with Gasteiger partial charge >= 0.3 is 0 Å². The Balaban J connectivity index is 1.82. The molecule has 3 rings (SSSR count). The molecular weight excluding hydrogens is 250 g/mol. The number of aromatic nitrogens is 3. The Morgan fingerprint density at radius 3 is 2.90 bits per heavy atom. The lowest BCUT2D eigenvalue weighted by molar-refractivity contribution is 0.288.